The van der Waals surface area contributed by atoms with Crippen LogP contribution in [-0.4, -0.2) is 133 Å². The summed E-state index contributed by atoms with van der Waals surface area (Å²) in [6.07, 6.45) is 2.91. The average molecular weight is 1150 g/mol. The van der Waals surface area contributed by atoms with Gasteiger partial charge in [-0.15, -0.1) is 0 Å². The first kappa shape index (κ1) is 62.4. The molecule has 8 amide bonds. The number of carbonyl (C=O) groups excluding carboxylic acids is 9. The predicted molar refractivity (Wildman–Crippen MR) is 298 cm³/mol. The standard InChI is InChI=1S/C59H72FN9O14/c1-10-59(80)42-25-45-51-40(29-69(45)55(78)41(42)30-82-56(59)79)39(38-24-33(2)43(60)26-44(38)65-51)28-67(27-37-14-12-11-13-15-37)50(74)31-81-32-61-52(75)34(3)63-54(77)36(5)64-53(76)35(4)62-46(70)18-20-58(8,9)83-23-21-57(6,7)66-47(71)19-22-68-48(72)16-17-49(68)73/h11-17,24-26,34-36,80H,10,18-23,27-32H2,1-9H3,(H,61,75)(H,62,70)(H,63,77)(H,64,76)(H,66,71)/t34-,35-,36+,59-/m0/s1. The van der Waals surface area contributed by atoms with Crippen LogP contribution in [0, 0.1) is 12.7 Å². The molecule has 23 nitrogen and oxygen atoms in total. The van der Waals surface area contributed by atoms with Crippen molar-refractivity contribution < 1.29 is 66.9 Å². The molecule has 0 aliphatic carbocycles. The number of ether oxygens (including phenoxy) is 3. The van der Waals surface area contributed by atoms with E-state index in [0.29, 0.717) is 39.9 Å². The van der Waals surface area contributed by atoms with E-state index in [2.05, 4.69) is 26.6 Å². The van der Waals surface area contributed by atoms with Crippen molar-refractivity contribution in [1.82, 2.24) is 45.9 Å². The van der Waals surface area contributed by atoms with Crippen LogP contribution < -0.4 is 32.1 Å². The molecule has 0 spiro atoms. The summed E-state index contributed by atoms with van der Waals surface area (Å²) in [6.45, 7) is 13.7. The van der Waals surface area contributed by atoms with E-state index in [1.54, 1.807) is 39.8 Å². The quantitative estimate of drug-likeness (QED) is 0.0201. The van der Waals surface area contributed by atoms with E-state index < -0.39 is 107 Å². The lowest BCUT2D eigenvalue weighted by molar-refractivity contribution is -0.172. The van der Waals surface area contributed by atoms with Crippen molar-refractivity contribution in [3.8, 4) is 11.4 Å². The molecule has 3 aliphatic rings. The summed E-state index contributed by atoms with van der Waals surface area (Å²) in [5.41, 5.74) is -0.646. The van der Waals surface area contributed by atoms with E-state index in [1.165, 1.54) is 36.3 Å². The van der Waals surface area contributed by atoms with E-state index in [0.717, 1.165) is 22.6 Å². The lowest BCUT2D eigenvalue weighted by atomic mass is 9.86. The lowest BCUT2D eigenvalue weighted by Crippen LogP contribution is -2.54. The van der Waals surface area contributed by atoms with Crippen molar-refractivity contribution in [2.75, 3.05) is 26.5 Å². The van der Waals surface area contributed by atoms with E-state index in [4.69, 9.17) is 19.2 Å². The number of cyclic esters (lactones) is 1. The molecule has 4 aromatic rings. The van der Waals surface area contributed by atoms with Gasteiger partial charge in [-0.05, 0) is 103 Å². The molecule has 24 heteroatoms. The van der Waals surface area contributed by atoms with Crippen LogP contribution in [0.3, 0.4) is 0 Å². The van der Waals surface area contributed by atoms with Gasteiger partial charge in [0.15, 0.2) is 5.60 Å². The van der Waals surface area contributed by atoms with Gasteiger partial charge >= 0.3 is 5.97 Å². The number of rotatable bonds is 26. The second-order valence-corrected chi connectivity index (χ2v) is 22.4. The average Bonchev–Trinajstić information content (AvgIpc) is 1.98. The Kier molecular flexibility index (Phi) is 19.5. The molecule has 0 bridgehead atoms. The van der Waals surface area contributed by atoms with E-state index in [1.807, 2.05) is 44.2 Å². The number of hydrogen-bond acceptors (Lipinski definition) is 15. The maximum absolute atomic E-state index is 15.3. The summed E-state index contributed by atoms with van der Waals surface area (Å²) in [5, 5.41) is 25.1. The Morgan fingerprint density at radius 2 is 1.49 bits per heavy atom. The highest BCUT2D eigenvalue weighted by Crippen LogP contribution is 2.41. The molecular formula is C59H72FN9O14. The normalized spacial score (nSPS) is 16.5. The van der Waals surface area contributed by atoms with Crippen LogP contribution in [0.4, 0.5) is 4.39 Å². The second-order valence-electron chi connectivity index (χ2n) is 22.4. The van der Waals surface area contributed by atoms with Gasteiger partial charge in [-0.1, -0.05) is 37.3 Å². The fraction of sp³-hybridized carbons (Fsp3) is 0.475. The molecule has 0 fully saturated rings. The molecule has 0 saturated carbocycles. The number of carbonyl (C=O) groups is 9. The smallest absolute Gasteiger partial charge is 0.343 e. The molecule has 83 heavy (non-hydrogen) atoms. The molecule has 0 radical (unpaired) electrons. The molecule has 7 rings (SSSR count). The molecule has 0 saturated heterocycles. The van der Waals surface area contributed by atoms with E-state index >= 15 is 4.39 Å². The summed E-state index contributed by atoms with van der Waals surface area (Å²) < 4.78 is 33.7. The Hall–Kier alpha value is -8.22. The zero-order valence-electron chi connectivity index (χ0n) is 48.1. The number of imide groups is 1. The van der Waals surface area contributed by atoms with Crippen LogP contribution in [0.15, 0.2) is 65.5 Å². The third-order valence-electron chi connectivity index (χ3n) is 15.0. The number of nitrogens with one attached hydrogen (secondary N) is 5. The van der Waals surface area contributed by atoms with Crippen LogP contribution >= 0.6 is 0 Å². The van der Waals surface area contributed by atoms with Gasteiger partial charge in [0.25, 0.3) is 17.4 Å². The van der Waals surface area contributed by atoms with Crippen molar-refractivity contribution in [3.05, 3.63) is 110 Å². The number of amides is 8. The molecule has 6 N–H and O–H groups in total. The van der Waals surface area contributed by atoms with Gasteiger partial charge in [-0.25, -0.2) is 14.2 Å². The third-order valence-corrected chi connectivity index (χ3v) is 15.0. The summed E-state index contributed by atoms with van der Waals surface area (Å²) >= 11 is 0. The van der Waals surface area contributed by atoms with Crippen molar-refractivity contribution in [1.29, 1.82) is 0 Å². The van der Waals surface area contributed by atoms with E-state index in [9.17, 15) is 53.1 Å². The van der Waals surface area contributed by atoms with Crippen LogP contribution in [0.5, 0.6) is 0 Å². The minimum Gasteiger partial charge on any atom is -0.458 e. The fourth-order valence-corrected chi connectivity index (χ4v) is 9.83. The summed E-state index contributed by atoms with van der Waals surface area (Å²) in [5.74, 6) is -5.62. The molecule has 444 valence electrons. The highest BCUT2D eigenvalue weighted by Gasteiger charge is 2.46. The van der Waals surface area contributed by atoms with Crippen LogP contribution in [0.2, 0.25) is 0 Å². The Bertz CT molecular complexity index is 3310. The minimum atomic E-state index is -2.07. The Balaban J connectivity index is 0.881. The molecule has 2 aromatic heterocycles. The van der Waals surface area contributed by atoms with Gasteiger partial charge in [0.2, 0.25) is 35.4 Å². The van der Waals surface area contributed by atoms with Crippen LogP contribution in [0.1, 0.15) is 121 Å². The first-order chi connectivity index (χ1) is 39.1. The van der Waals surface area contributed by atoms with E-state index in [-0.39, 0.29) is 87.6 Å². The van der Waals surface area contributed by atoms with Gasteiger partial charge < -0.3 is 55.4 Å². The molecule has 2 aromatic carbocycles. The van der Waals surface area contributed by atoms with Crippen molar-refractivity contribution in [2.24, 2.45) is 0 Å². The number of halogens is 1. The van der Waals surface area contributed by atoms with Crippen LogP contribution in [-0.2, 0) is 89.2 Å². The first-order valence-electron chi connectivity index (χ1n) is 27.5. The highest BCUT2D eigenvalue weighted by molar-refractivity contribution is 6.13. The lowest BCUT2D eigenvalue weighted by Gasteiger charge is -2.31. The van der Waals surface area contributed by atoms with Gasteiger partial charge in [-0.3, -0.25) is 48.1 Å². The van der Waals surface area contributed by atoms with Crippen LogP contribution in [0.25, 0.3) is 22.3 Å². The first-order valence-corrected chi connectivity index (χ1v) is 27.5. The summed E-state index contributed by atoms with van der Waals surface area (Å²) in [7, 11) is 0. The van der Waals surface area contributed by atoms with Gasteiger partial charge in [0.1, 0.15) is 43.9 Å². The maximum Gasteiger partial charge on any atom is 0.343 e. The Morgan fingerprint density at radius 1 is 0.843 bits per heavy atom. The fourth-order valence-electron chi connectivity index (χ4n) is 9.83. The minimum absolute atomic E-state index is 0.00492. The predicted octanol–water partition coefficient (Wildman–Crippen LogP) is 2.84. The number of esters is 1. The number of nitrogens with zero attached hydrogens (tertiary/aromatic N) is 4. The third kappa shape index (κ3) is 14.9. The van der Waals surface area contributed by atoms with Crippen molar-refractivity contribution in [3.63, 3.8) is 0 Å². The summed E-state index contributed by atoms with van der Waals surface area (Å²) in [6, 6.07) is 10.3. The molecule has 4 atom stereocenters. The molecule has 3 aliphatic heterocycles. The Labute approximate surface area is 479 Å². The van der Waals surface area contributed by atoms with Gasteiger partial charge in [0, 0.05) is 79.4 Å². The number of aliphatic hydroxyl groups is 1. The van der Waals surface area contributed by atoms with Crippen molar-refractivity contribution >= 4 is 64.1 Å². The number of fused-ring (bicyclic) bond motifs is 5. The SMILES string of the molecule is CC[C@@]1(O)C(=O)OCc2c1cc1n(c2=O)Cc2c-1nc1cc(F)c(C)cc1c2CN(Cc1ccccc1)C(=O)COCNC(=O)[C@H](C)NC(=O)[C@@H](C)NC(=O)[C@H](C)NC(=O)CCC(C)(C)OCCC(C)(C)NC(=O)CCN1C(=O)C=CC1=O. The number of aryl methyl sites for hydroxylation is 1. The second kappa shape index (κ2) is 25.9. The molecule has 5 heterocycles. The summed E-state index contributed by atoms with van der Waals surface area (Å²) in [4.78, 5) is 137. The largest absolute Gasteiger partial charge is 0.458 e. The number of hydrogen-bond donors (Lipinski definition) is 6. The number of pyridine rings is 2. The molecule has 0 unspecified atom stereocenters. The zero-order chi connectivity index (χ0) is 60.7. The van der Waals surface area contributed by atoms with Gasteiger partial charge in [-0.2, -0.15) is 0 Å². The van der Waals surface area contributed by atoms with Crippen molar-refractivity contribution in [2.45, 2.75) is 156 Å². The monoisotopic (exact) mass is 1150 g/mol. The van der Waals surface area contributed by atoms with Gasteiger partial charge in [0.05, 0.1) is 34.6 Å². The zero-order valence-corrected chi connectivity index (χ0v) is 48.1. The highest BCUT2D eigenvalue weighted by atomic mass is 19.1. The Morgan fingerprint density at radius 3 is 2.16 bits per heavy atom. The number of benzene rings is 2. The maximum atomic E-state index is 15.3. The topological polar surface area (TPSA) is 303 Å². The number of aromatic nitrogens is 2. The molecular weight excluding hydrogens is 1080 g/mol.